The maximum absolute atomic E-state index is 13.5. The van der Waals surface area contributed by atoms with Gasteiger partial charge in [-0.2, -0.15) is 0 Å². The highest BCUT2D eigenvalue weighted by atomic mass is 35.5. The number of rotatable bonds is 6. The average Bonchev–Trinajstić information content (AvgIpc) is 3.10. The van der Waals surface area contributed by atoms with E-state index in [0.717, 1.165) is 31.2 Å². The molecule has 1 aliphatic carbocycles. The summed E-state index contributed by atoms with van der Waals surface area (Å²) in [6, 6.07) is 11.4. The molecule has 1 amide bonds. The van der Waals surface area contributed by atoms with E-state index in [9.17, 15) is 4.79 Å². The summed E-state index contributed by atoms with van der Waals surface area (Å²) in [6.45, 7) is 4.11. The number of halogens is 1. The molecule has 2 aliphatic rings. The maximum atomic E-state index is 13.5. The van der Waals surface area contributed by atoms with Gasteiger partial charge in [0, 0.05) is 17.8 Å². The fourth-order valence-electron chi connectivity index (χ4n) is 3.81. The normalized spacial score (nSPS) is 19.9. The van der Waals surface area contributed by atoms with Crippen molar-refractivity contribution in [1.82, 2.24) is 9.88 Å². The zero-order valence-corrected chi connectivity index (χ0v) is 18.7. The molecule has 1 aromatic carbocycles. The van der Waals surface area contributed by atoms with Gasteiger partial charge in [0.2, 0.25) is 0 Å². The van der Waals surface area contributed by atoms with Gasteiger partial charge in [-0.15, -0.1) is 0 Å². The zero-order chi connectivity index (χ0) is 21.6. The molecule has 5 nitrogen and oxygen atoms in total. The molecule has 0 radical (unpaired) electrons. The van der Waals surface area contributed by atoms with E-state index in [1.807, 2.05) is 41.3 Å². The van der Waals surface area contributed by atoms with Crippen LogP contribution < -0.4 is 4.74 Å². The predicted octanol–water partition coefficient (Wildman–Crippen LogP) is 6.24. The molecule has 4 rings (SSSR count). The molecule has 0 atom stereocenters. The number of nitrogens with zero attached hydrogens (tertiary/aromatic N) is 3. The van der Waals surface area contributed by atoms with Gasteiger partial charge in [0.05, 0.1) is 4.91 Å². The third-order valence-corrected chi connectivity index (χ3v) is 6.57. The van der Waals surface area contributed by atoms with E-state index in [-0.39, 0.29) is 11.9 Å². The summed E-state index contributed by atoms with van der Waals surface area (Å²) in [5, 5.41) is 0.981. The number of amides is 1. The van der Waals surface area contributed by atoms with Crippen LogP contribution in [-0.2, 0) is 4.79 Å². The minimum Gasteiger partial charge on any atom is -0.489 e. The Balaban J connectivity index is 1.71. The van der Waals surface area contributed by atoms with Gasteiger partial charge >= 0.3 is 0 Å². The van der Waals surface area contributed by atoms with Crippen molar-refractivity contribution in [2.24, 2.45) is 4.99 Å². The summed E-state index contributed by atoms with van der Waals surface area (Å²) in [7, 11) is 0. The first-order chi connectivity index (χ1) is 15.2. The number of carbonyl (C=O) groups excluding carboxylic acids is 1. The van der Waals surface area contributed by atoms with Crippen LogP contribution in [0, 0.1) is 0 Å². The standard InChI is InChI=1S/C24H24ClN3O2S/c1-2-15-30-20-13-7-6-9-17(20)16-21-23(29)28(18-10-4-3-5-11-18)24(31-21)27-19-12-8-14-26-22(19)25/h2,6-9,12-14,16,18H,1,3-5,10-11,15H2/b21-16-,27-24?. The quantitative estimate of drug-likeness (QED) is 0.295. The number of para-hydroxylation sites is 1. The first-order valence-corrected chi connectivity index (χ1v) is 11.6. The van der Waals surface area contributed by atoms with Crippen molar-refractivity contribution in [2.75, 3.05) is 6.61 Å². The molecular formula is C24H24ClN3O2S. The van der Waals surface area contributed by atoms with E-state index >= 15 is 0 Å². The highest BCUT2D eigenvalue weighted by Crippen LogP contribution is 2.39. The van der Waals surface area contributed by atoms with Gasteiger partial charge in [0.25, 0.3) is 5.91 Å². The highest BCUT2D eigenvalue weighted by Gasteiger charge is 2.38. The number of pyridine rings is 1. The van der Waals surface area contributed by atoms with Gasteiger partial charge in [-0.1, -0.05) is 61.7 Å². The minimum absolute atomic E-state index is 0.0193. The number of carbonyl (C=O) groups is 1. The van der Waals surface area contributed by atoms with Crippen LogP contribution in [-0.4, -0.2) is 33.6 Å². The lowest BCUT2D eigenvalue weighted by Crippen LogP contribution is -2.40. The summed E-state index contributed by atoms with van der Waals surface area (Å²) < 4.78 is 5.76. The van der Waals surface area contributed by atoms with Crippen molar-refractivity contribution in [3.05, 3.63) is 70.9 Å². The number of amidine groups is 1. The van der Waals surface area contributed by atoms with Crippen LogP contribution in [0.1, 0.15) is 37.7 Å². The second-order valence-electron chi connectivity index (χ2n) is 7.42. The summed E-state index contributed by atoms with van der Waals surface area (Å²) in [4.78, 5) is 24.8. The van der Waals surface area contributed by atoms with Crippen LogP contribution >= 0.6 is 23.4 Å². The van der Waals surface area contributed by atoms with Crippen LogP contribution in [0.4, 0.5) is 5.69 Å². The van der Waals surface area contributed by atoms with Gasteiger partial charge in [0.1, 0.15) is 18.0 Å². The molecule has 31 heavy (non-hydrogen) atoms. The maximum Gasteiger partial charge on any atom is 0.267 e. The van der Waals surface area contributed by atoms with Crippen LogP contribution in [0.25, 0.3) is 6.08 Å². The van der Waals surface area contributed by atoms with Crippen molar-refractivity contribution >= 4 is 46.2 Å². The average molecular weight is 454 g/mol. The Morgan fingerprint density at radius 1 is 1.23 bits per heavy atom. The number of aliphatic imine (C=N–C) groups is 1. The molecule has 2 heterocycles. The molecular weight excluding hydrogens is 430 g/mol. The predicted molar refractivity (Wildman–Crippen MR) is 128 cm³/mol. The van der Waals surface area contributed by atoms with Crippen LogP contribution in [0.3, 0.4) is 0 Å². The smallest absolute Gasteiger partial charge is 0.267 e. The third-order valence-electron chi connectivity index (χ3n) is 5.29. The lowest BCUT2D eigenvalue weighted by molar-refractivity contribution is -0.124. The van der Waals surface area contributed by atoms with E-state index < -0.39 is 0 Å². The molecule has 2 aromatic rings. The number of hydrogen-bond donors (Lipinski definition) is 0. The molecule has 7 heteroatoms. The van der Waals surface area contributed by atoms with Gasteiger partial charge in [0.15, 0.2) is 10.3 Å². The molecule has 0 N–H and O–H groups in total. The van der Waals surface area contributed by atoms with Crippen LogP contribution in [0.5, 0.6) is 5.75 Å². The Morgan fingerprint density at radius 3 is 2.81 bits per heavy atom. The lowest BCUT2D eigenvalue weighted by atomic mass is 9.94. The Hall–Kier alpha value is -2.57. The van der Waals surface area contributed by atoms with E-state index in [1.54, 1.807) is 18.3 Å². The molecule has 0 spiro atoms. The van der Waals surface area contributed by atoms with Gasteiger partial charge in [-0.05, 0) is 48.9 Å². The number of thioether (sulfide) groups is 1. The van der Waals surface area contributed by atoms with Crippen molar-refractivity contribution in [2.45, 2.75) is 38.1 Å². The Morgan fingerprint density at radius 2 is 2.03 bits per heavy atom. The molecule has 1 aromatic heterocycles. The SMILES string of the molecule is C=CCOc1ccccc1/C=C1\SC(=Nc2cccnc2Cl)N(C2CCCCC2)C1=O. The summed E-state index contributed by atoms with van der Waals surface area (Å²) in [6.07, 6.45) is 10.6. The molecule has 0 unspecified atom stereocenters. The summed E-state index contributed by atoms with van der Waals surface area (Å²) in [5.74, 6) is 0.697. The van der Waals surface area contributed by atoms with Gasteiger partial charge in [-0.3, -0.25) is 9.69 Å². The highest BCUT2D eigenvalue weighted by molar-refractivity contribution is 8.18. The Bertz CT molecular complexity index is 1030. The van der Waals surface area contributed by atoms with Crippen molar-refractivity contribution < 1.29 is 9.53 Å². The summed E-state index contributed by atoms with van der Waals surface area (Å²) >= 11 is 7.61. The molecule has 1 aliphatic heterocycles. The van der Waals surface area contributed by atoms with Crippen molar-refractivity contribution in [1.29, 1.82) is 0 Å². The van der Waals surface area contributed by atoms with Crippen LogP contribution in [0.2, 0.25) is 5.15 Å². The van der Waals surface area contributed by atoms with E-state index in [0.29, 0.717) is 33.3 Å². The fourth-order valence-corrected chi connectivity index (χ4v) is 5.02. The minimum atomic E-state index is -0.0193. The number of hydrogen-bond acceptors (Lipinski definition) is 5. The molecule has 0 bridgehead atoms. The van der Waals surface area contributed by atoms with Gasteiger partial charge in [-0.25, -0.2) is 9.98 Å². The third kappa shape index (κ3) is 5.02. The second-order valence-corrected chi connectivity index (χ2v) is 8.79. The van der Waals surface area contributed by atoms with E-state index in [2.05, 4.69) is 11.6 Å². The van der Waals surface area contributed by atoms with Crippen molar-refractivity contribution in [3.63, 3.8) is 0 Å². The largest absolute Gasteiger partial charge is 0.489 e. The number of benzene rings is 1. The molecule has 1 saturated heterocycles. The zero-order valence-electron chi connectivity index (χ0n) is 17.2. The molecule has 160 valence electrons. The first-order valence-electron chi connectivity index (χ1n) is 10.4. The van der Waals surface area contributed by atoms with Crippen molar-refractivity contribution in [3.8, 4) is 5.75 Å². The topological polar surface area (TPSA) is 54.8 Å². The van der Waals surface area contributed by atoms with E-state index in [4.69, 9.17) is 21.3 Å². The number of ether oxygens (including phenoxy) is 1. The first kappa shape index (κ1) is 21.7. The Labute approximate surface area is 191 Å². The lowest BCUT2D eigenvalue weighted by Gasteiger charge is -2.30. The Kier molecular flexibility index (Phi) is 7.10. The van der Waals surface area contributed by atoms with E-state index in [1.165, 1.54) is 18.2 Å². The monoisotopic (exact) mass is 453 g/mol. The van der Waals surface area contributed by atoms with Gasteiger partial charge < -0.3 is 4.74 Å². The van der Waals surface area contributed by atoms with Crippen LogP contribution in [0.15, 0.2) is 65.1 Å². The second kappa shape index (κ2) is 10.2. The fraction of sp³-hybridized carbons (Fsp3) is 0.292. The molecule has 1 saturated carbocycles. The summed E-state index contributed by atoms with van der Waals surface area (Å²) in [5.41, 5.74) is 1.42. The molecule has 2 fully saturated rings. The number of aromatic nitrogens is 1.